The van der Waals surface area contributed by atoms with Crippen molar-refractivity contribution in [2.24, 2.45) is 0 Å². The maximum atomic E-state index is 9.44. The van der Waals surface area contributed by atoms with E-state index in [9.17, 15) is 5.11 Å². The third-order valence-corrected chi connectivity index (χ3v) is 2.69. The minimum Gasteiger partial charge on any atom is -0.508 e. The van der Waals surface area contributed by atoms with Gasteiger partial charge in [-0.1, -0.05) is 17.3 Å². The standard InChI is InChI=1S/C14H19N3O3/c1-3-19-14(20-4-2)13-10-17(16-15-13)9-11-6-5-7-12(18)8-11/h5-8,10,14,18H,3-4,9H2,1-2H3. The minimum atomic E-state index is -0.483. The molecule has 108 valence electrons. The predicted octanol–water partition coefficient (Wildman–Crippen LogP) is 2.10. The molecule has 0 saturated carbocycles. The van der Waals surface area contributed by atoms with Gasteiger partial charge in [-0.05, 0) is 31.5 Å². The van der Waals surface area contributed by atoms with Gasteiger partial charge in [-0.15, -0.1) is 5.10 Å². The van der Waals surface area contributed by atoms with Gasteiger partial charge < -0.3 is 14.6 Å². The van der Waals surface area contributed by atoms with Gasteiger partial charge in [0, 0.05) is 13.2 Å². The molecule has 0 aliphatic heterocycles. The van der Waals surface area contributed by atoms with E-state index in [1.165, 1.54) is 0 Å². The Bertz CT molecular complexity index is 536. The summed E-state index contributed by atoms with van der Waals surface area (Å²) in [6.45, 7) is 5.44. The Kier molecular flexibility index (Phi) is 5.09. The summed E-state index contributed by atoms with van der Waals surface area (Å²) in [7, 11) is 0. The quantitative estimate of drug-likeness (QED) is 0.785. The third-order valence-electron chi connectivity index (χ3n) is 2.69. The summed E-state index contributed by atoms with van der Waals surface area (Å²) >= 11 is 0. The van der Waals surface area contributed by atoms with Crippen molar-refractivity contribution in [2.45, 2.75) is 26.7 Å². The van der Waals surface area contributed by atoms with E-state index in [1.54, 1.807) is 29.1 Å². The van der Waals surface area contributed by atoms with E-state index in [0.29, 0.717) is 25.5 Å². The number of benzene rings is 1. The molecule has 2 aromatic rings. The fourth-order valence-corrected chi connectivity index (χ4v) is 1.86. The molecule has 0 saturated heterocycles. The van der Waals surface area contributed by atoms with Crippen molar-refractivity contribution < 1.29 is 14.6 Å². The number of rotatable bonds is 7. The first-order valence-electron chi connectivity index (χ1n) is 6.64. The number of aromatic nitrogens is 3. The first-order valence-corrected chi connectivity index (χ1v) is 6.64. The molecule has 6 nitrogen and oxygen atoms in total. The molecular formula is C14H19N3O3. The van der Waals surface area contributed by atoms with Gasteiger partial charge in [0.1, 0.15) is 11.4 Å². The van der Waals surface area contributed by atoms with Gasteiger partial charge in [-0.3, -0.25) is 0 Å². The Hall–Kier alpha value is -1.92. The van der Waals surface area contributed by atoms with Crippen molar-refractivity contribution in [1.82, 2.24) is 15.0 Å². The fraction of sp³-hybridized carbons (Fsp3) is 0.429. The Morgan fingerprint density at radius 1 is 1.25 bits per heavy atom. The van der Waals surface area contributed by atoms with Crippen LogP contribution in [0, 0.1) is 0 Å². The van der Waals surface area contributed by atoms with E-state index in [4.69, 9.17) is 9.47 Å². The number of nitrogens with zero attached hydrogens (tertiary/aromatic N) is 3. The maximum absolute atomic E-state index is 9.44. The number of hydrogen-bond donors (Lipinski definition) is 1. The zero-order valence-electron chi connectivity index (χ0n) is 11.7. The summed E-state index contributed by atoms with van der Waals surface area (Å²) in [5.41, 5.74) is 1.60. The second-order valence-corrected chi connectivity index (χ2v) is 4.25. The molecule has 2 rings (SSSR count). The van der Waals surface area contributed by atoms with Crippen LogP contribution in [0.1, 0.15) is 31.4 Å². The smallest absolute Gasteiger partial charge is 0.204 e. The van der Waals surface area contributed by atoms with E-state index < -0.39 is 6.29 Å². The highest BCUT2D eigenvalue weighted by Crippen LogP contribution is 2.17. The third kappa shape index (κ3) is 3.79. The highest BCUT2D eigenvalue weighted by atomic mass is 16.7. The SMILES string of the molecule is CCOC(OCC)c1cn(Cc2cccc(O)c2)nn1. The van der Waals surface area contributed by atoms with Gasteiger partial charge in [-0.25, -0.2) is 4.68 Å². The normalized spacial score (nSPS) is 11.2. The molecule has 1 aromatic heterocycles. The van der Waals surface area contributed by atoms with Gasteiger partial charge in [0.05, 0.1) is 12.7 Å². The topological polar surface area (TPSA) is 69.4 Å². The molecule has 0 radical (unpaired) electrons. The lowest BCUT2D eigenvalue weighted by atomic mass is 10.2. The fourth-order valence-electron chi connectivity index (χ4n) is 1.86. The van der Waals surface area contributed by atoms with E-state index in [2.05, 4.69) is 10.3 Å². The molecule has 6 heteroatoms. The zero-order chi connectivity index (χ0) is 14.4. The van der Waals surface area contributed by atoms with Gasteiger partial charge in [0.15, 0.2) is 0 Å². The summed E-state index contributed by atoms with van der Waals surface area (Å²) in [6.07, 6.45) is 1.31. The number of phenols is 1. The highest BCUT2D eigenvalue weighted by molar-refractivity contribution is 5.27. The molecule has 0 unspecified atom stereocenters. The molecule has 0 atom stereocenters. The Labute approximate surface area is 117 Å². The minimum absolute atomic E-state index is 0.240. The van der Waals surface area contributed by atoms with Crippen molar-refractivity contribution in [3.05, 3.63) is 41.7 Å². The molecule has 0 aliphatic carbocycles. The highest BCUT2D eigenvalue weighted by Gasteiger charge is 2.15. The molecular weight excluding hydrogens is 258 g/mol. The average molecular weight is 277 g/mol. The van der Waals surface area contributed by atoms with Crippen molar-refractivity contribution in [1.29, 1.82) is 0 Å². The molecule has 0 amide bonds. The lowest BCUT2D eigenvalue weighted by Crippen LogP contribution is -2.09. The van der Waals surface area contributed by atoms with Crippen LogP contribution in [-0.4, -0.2) is 33.3 Å². The monoisotopic (exact) mass is 277 g/mol. The lowest BCUT2D eigenvalue weighted by Gasteiger charge is -2.13. The van der Waals surface area contributed by atoms with E-state index in [0.717, 1.165) is 5.56 Å². The van der Waals surface area contributed by atoms with Crippen molar-refractivity contribution in [2.75, 3.05) is 13.2 Å². The van der Waals surface area contributed by atoms with Gasteiger partial charge >= 0.3 is 0 Å². The summed E-state index contributed by atoms with van der Waals surface area (Å²) in [4.78, 5) is 0. The van der Waals surface area contributed by atoms with Crippen LogP contribution < -0.4 is 0 Å². The van der Waals surface area contributed by atoms with Crippen LogP contribution in [0.5, 0.6) is 5.75 Å². The summed E-state index contributed by atoms with van der Waals surface area (Å²) in [5, 5.41) is 17.6. The number of hydrogen-bond acceptors (Lipinski definition) is 5. The number of aromatic hydroxyl groups is 1. The molecule has 1 heterocycles. The van der Waals surface area contributed by atoms with Crippen molar-refractivity contribution >= 4 is 0 Å². The number of phenolic OH excluding ortho intramolecular Hbond substituents is 1. The van der Waals surface area contributed by atoms with Crippen LogP contribution in [0.3, 0.4) is 0 Å². The van der Waals surface area contributed by atoms with Crippen LogP contribution >= 0.6 is 0 Å². The van der Waals surface area contributed by atoms with E-state index >= 15 is 0 Å². The Balaban J connectivity index is 2.07. The van der Waals surface area contributed by atoms with Gasteiger partial charge in [0.25, 0.3) is 0 Å². The molecule has 1 N–H and O–H groups in total. The van der Waals surface area contributed by atoms with Gasteiger partial charge in [0.2, 0.25) is 6.29 Å². The second-order valence-electron chi connectivity index (χ2n) is 4.25. The molecule has 0 bridgehead atoms. The molecule has 0 aliphatic rings. The van der Waals surface area contributed by atoms with Crippen LogP contribution in [-0.2, 0) is 16.0 Å². The van der Waals surface area contributed by atoms with Crippen LogP contribution in [0.15, 0.2) is 30.5 Å². The number of ether oxygens (including phenoxy) is 2. The van der Waals surface area contributed by atoms with Crippen molar-refractivity contribution in [3.63, 3.8) is 0 Å². The molecule has 1 aromatic carbocycles. The Morgan fingerprint density at radius 3 is 2.65 bits per heavy atom. The van der Waals surface area contributed by atoms with E-state index in [-0.39, 0.29) is 5.75 Å². The first kappa shape index (κ1) is 14.5. The average Bonchev–Trinajstić information content (AvgIpc) is 2.87. The predicted molar refractivity (Wildman–Crippen MR) is 73.2 cm³/mol. The van der Waals surface area contributed by atoms with Crippen LogP contribution in [0.25, 0.3) is 0 Å². The molecule has 20 heavy (non-hydrogen) atoms. The zero-order valence-corrected chi connectivity index (χ0v) is 11.7. The van der Waals surface area contributed by atoms with Crippen molar-refractivity contribution in [3.8, 4) is 5.75 Å². The molecule has 0 fully saturated rings. The Morgan fingerprint density at radius 2 is 2.00 bits per heavy atom. The van der Waals surface area contributed by atoms with E-state index in [1.807, 2.05) is 19.9 Å². The lowest BCUT2D eigenvalue weighted by molar-refractivity contribution is -0.142. The van der Waals surface area contributed by atoms with Crippen LogP contribution in [0.2, 0.25) is 0 Å². The summed E-state index contributed by atoms with van der Waals surface area (Å²) < 4.78 is 12.6. The first-order chi connectivity index (χ1) is 9.72. The second kappa shape index (κ2) is 7.02. The largest absolute Gasteiger partial charge is 0.508 e. The van der Waals surface area contributed by atoms with Gasteiger partial charge in [-0.2, -0.15) is 0 Å². The maximum Gasteiger partial charge on any atom is 0.204 e. The summed E-state index contributed by atoms with van der Waals surface area (Å²) in [6, 6.07) is 7.05. The van der Waals surface area contributed by atoms with Crippen LogP contribution in [0.4, 0.5) is 0 Å². The summed E-state index contributed by atoms with van der Waals surface area (Å²) in [5.74, 6) is 0.240. The molecule has 0 spiro atoms.